The molecule has 308 valence electrons. The molecule has 0 spiro atoms. The summed E-state index contributed by atoms with van der Waals surface area (Å²) in [4.78, 5) is 84.2. The number of rotatable bonds is 18. The van der Waals surface area contributed by atoms with E-state index in [9.17, 15) is 39.0 Å². The number of carboxylic acid groups (broad SMARTS) is 1. The first-order valence-electron chi connectivity index (χ1n) is 18.2. The number of carbonyl (C=O) groups excluding carboxylic acids is 5. The number of ether oxygens (including phenoxy) is 3. The highest BCUT2D eigenvalue weighted by molar-refractivity contribution is 5.91. The summed E-state index contributed by atoms with van der Waals surface area (Å²) in [6.07, 6.45) is 0.616. The van der Waals surface area contributed by atoms with E-state index in [-0.39, 0.29) is 43.6 Å². The minimum absolute atomic E-state index is 0.0523. The number of amides is 5. The number of nitrogens with zero attached hydrogens (tertiary/aromatic N) is 4. The number of likely N-dealkylation sites (N-methyl/N-ethyl adjacent to an activating group) is 3. The van der Waals surface area contributed by atoms with Gasteiger partial charge in [-0.2, -0.15) is 0 Å². The summed E-state index contributed by atoms with van der Waals surface area (Å²) in [7, 11) is 5.92. The Kier molecular flexibility index (Phi) is 14.1. The predicted molar refractivity (Wildman–Crippen MR) is 200 cm³/mol. The van der Waals surface area contributed by atoms with Crippen molar-refractivity contribution in [2.24, 2.45) is 16.5 Å². The zero-order chi connectivity index (χ0) is 41.5. The van der Waals surface area contributed by atoms with Gasteiger partial charge in [0.1, 0.15) is 24.4 Å². The Morgan fingerprint density at radius 2 is 1.84 bits per heavy atom. The molecule has 1 aliphatic heterocycles. The number of nitrogens with one attached hydrogen (secondary N) is 3. The van der Waals surface area contributed by atoms with Crippen molar-refractivity contribution in [1.82, 2.24) is 30.7 Å². The summed E-state index contributed by atoms with van der Waals surface area (Å²) >= 11 is 0. The number of carbonyl (C=O) groups is 6. The molecule has 9 N–H and O–H groups in total. The second-order valence-electron chi connectivity index (χ2n) is 14.1. The van der Waals surface area contributed by atoms with Gasteiger partial charge in [-0.05, 0) is 50.6 Å². The monoisotopic (exact) mass is 787 g/mol. The molecule has 3 unspecified atom stereocenters. The molecule has 1 heterocycles. The molecule has 20 nitrogen and oxygen atoms in total. The topological polar surface area (TPSA) is 281 Å². The number of aliphatic carboxylic acids is 1. The summed E-state index contributed by atoms with van der Waals surface area (Å²) in [6.45, 7) is 2.39. The van der Waals surface area contributed by atoms with Crippen LogP contribution in [-0.4, -0.2) is 157 Å². The lowest BCUT2D eigenvalue weighted by molar-refractivity contribution is -0.145. The van der Waals surface area contributed by atoms with Crippen molar-refractivity contribution < 1.29 is 53.2 Å². The molecule has 4 rings (SSSR count). The van der Waals surface area contributed by atoms with Crippen LogP contribution in [0.25, 0.3) is 0 Å². The fourth-order valence-electron chi connectivity index (χ4n) is 7.36. The highest BCUT2D eigenvalue weighted by Crippen LogP contribution is 2.59. The van der Waals surface area contributed by atoms with Crippen LogP contribution in [0.15, 0.2) is 29.0 Å². The Labute approximate surface area is 324 Å². The average Bonchev–Trinajstić information content (AvgIpc) is 3.57. The number of guanidine groups is 1. The van der Waals surface area contributed by atoms with Crippen molar-refractivity contribution in [2.75, 3.05) is 61.0 Å². The minimum Gasteiger partial charge on any atom is -0.493 e. The molecule has 0 saturated heterocycles. The van der Waals surface area contributed by atoms with Crippen LogP contribution in [-0.2, 0) is 35.1 Å². The van der Waals surface area contributed by atoms with E-state index >= 15 is 0 Å². The second kappa shape index (κ2) is 18.3. The summed E-state index contributed by atoms with van der Waals surface area (Å²) in [5, 5.41) is 29.2. The normalized spacial score (nSPS) is 21.2. The fourth-order valence-corrected chi connectivity index (χ4v) is 7.36. The van der Waals surface area contributed by atoms with Crippen LogP contribution >= 0.6 is 0 Å². The molecule has 0 radical (unpaired) electrons. The van der Waals surface area contributed by atoms with E-state index in [0.717, 1.165) is 20.9 Å². The van der Waals surface area contributed by atoms with Gasteiger partial charge >= 0.3 is 12.1 Å². The SMILES string of the molecule is CCN(C)C1Cc2ccc(OC)c3c2C2[C@@H](O3)C(OC(=O)N(C)[C@@H](CNC(=O)C(CCCN=C(N)N)NC(=O)CNC(C)=O)C(=O)N(C)CC(=O)O)=CC[C@]21O. The van der Waals surface area contributed by atoms with Crippen molar-refractivity contribution in [2.45, 2.75) is 75.3 Å². The number of methoxy groups -OCH3 is 1. The lowest BCUT2D eigenvalue weighted by Gasteiger charge is -2.50. The van der Waals surface area contributed by atoms with Gasteiger partial charge < -0.3 is 61.6 Å². The lowest BCUT2D eigenvalue weighted by Crippen LogP contribution is -2.61. The molecule has 5 amide bonds. The van der Waals surface area contributed by atoms with Crippen LogP contribution in [0.1, 0.15) is 50.2 Å². The van der Waals surface area contributed by atoms with E-state index < -0.39 is 85.0 Å². The van der Waals surface area contributed by atoms with Crippen molar-refractivity contribution in [3.63, 3.8) is 0 Å². The van der Waals surface area contributed by atoms with Gasteiger partial charge in [-0.1, -0.05) is 13.0 Å². The Hall–Kier alpha value is -5.63. The van der Waals surface area contributed by atoms with Gasteiger partial charge in [-0.15, -0.1) is 0 Å². The number of benzene rings is 1. The van der Waals surface area contributed by atoms with Crippen molar-refractivity contribution in [3.05, 3.63) is 35.1 Å². The maximum atomic E-state index is 13.9. The molecule has 56 heavy (non-hydrogen) atoms. The smallest absolute Gasteiger partial charge is 0.415 e. The van der Waals surface area contributed by atoms with Crippen molar-refractivity contribution in [3.8, 4) is 11.5 Å². The Bertz CT molecular complexity index is 1750. The zero-order valence-corrected chi connectivity index (χ0v) is 32.5. The number of aliphatic imine (C=N–C) groups is 1. The number of nitrogens with two attached hydrogens (primary N) is 2. The van der Waals surface area contributed by atoms with Crippen LogP contribution in [0.5, 0.6) is 11.5 Å². The Morgan fingerprint density at radius 1 is 1.12 bits per heavy atom. The van der Waals surface area contributed by atoms with Crippen LogP contribution in [0.2, 0.25) is 0 Å². The molecule has 1 aromatic carbocycles. The first-order valence-corrected chi connectivity index (χ1v) is 18.2. The molecule has 1 aromatic rings. The second-order valence-corrected chi connectivity index (χ2v) is 14.1. The summed E-state index contributed by atoms with van der Waals surface area (Å²) < 4.78 is 17.9. The number of aliphatic hydroxyl groups is 1. The largest absolute Gasteiger partial charge is 0.493 e. The average molecular weight is 788 g/mol. The number of hydrogen-bond acceptors (Lipinski definition) is 12. The van der Waals surface area contributed by atoms with Crippen LogP contribution in [0.4, 0.5) is 4.79 Å². The quantitative estimate of drug-likeness (QED) is 0.0492. The molecule has 2 aliphatic carbocycles. The summed E-state index contributed by atoms with van der Waals surface area (Å²) in [6, 6.07) is 0.796. The van der Waals surface area contributed by atoms with E-state index in [1.165, 1.54) is 28.1 Å². The van der Waals surface area contributed by atoms with Gasteiger partial charge in [0.15, 0.2) is 23.6 Å². The van der Waals surface area contributed by atoms with Crippen LogP contribution in [0, 0.1) is 0 Å². The first kappa shape index (κ1) is 43.1. The van der Waals surface area contributed by atoms with Crippen LogP contribution in [0.3, 0.4) is 0 Å². The molecule has 0 bridgehead atoms. The van der Waals surface area contributed by atoms with Gasteiger partial charge in [-0.3, -0.25) is 33.9 Å². The van der Waals surface area contributed by atoms with E-state index in [1.54, 1.807) is 12.1 Å². The maximum Gasteiger partial charge on any atom is 0.415 e. The highest BCUT2D eigenvalue weighted by atomic mass is 16.6. The third-order valence-corrected chi connectivity index (χ3v) is 10.4. The molecular formula is C36H53N9O11. The predicted octanol–water partition coefficient (Wildman–Crippen LogP) is -1.79. The fraction of sp³-hybridized carbons (Fsp3) is 0.583. The molecule has 0 fully saturated rings. The lowest BCUT2D eigenvalue weighted by atomic mass is 9.63. The molecule has 3 aliphatic rings. The van der Waals surface area contributed by atoms with Crippen molar-refractivity contribution >= 4 is 41.7 Å². The molecule has 0 aromatic heterocycles. The number of carboxylic acids is 1. The summed E-state index contributed by atoms with van der Waals surface area (Å²) in [5.74, 6) is -3.83. The van der Waals surface area contributed by atoms with E-state index in [2.05, 4.69) is 25.8 Å². The third kappa shape index (κ3) is 9.59. The maximum absolute atomic E-state index is 13.9. The molecule has 20 heteroatoms. The minimum atomic E-state index is -1.49. The Morgan fingerprint density at radius 3 is 2.46 bits per heavy atom. The molecule has 6 atom stereocenters. The highest BCUT2D eigenvalue weighted by Gasteiger charge is 2.60. The van der Waals surface area contributed by atoms with Gasteiger partial charge in [-0.25, -0.2) is 4.79 Å². The first-order chi connectivity index (χ1) is 26.4. The van der Waals surface area contributed by atoms with E-state index in [4.69, 9.17) is 25.7 Å². The molecule has 0 saturated carbocycles. The standard InChI is InChI=1S/C36H53N9O11/c1-7-43(3)25-15-20-10-11-23(54-6)30-28(20)29-31(56-30)24(12-13-36(25,29)53)55-35(52)45(5)22(33(51)44(4)18-27(48)49)16-41-32(50)21(9-8-14-39-34(37)38)42-26(47)17-40-19(2)46/h10-12,21-22,25,29,31,53H,7-9,13-18H2,1-6H3,(H,40,46)(H,41,50)(H,42,47)(H,48,49)(H4,37,38,39)/t21?,22-,25?,29?,31-,36+/m0/s1. The zero-order valence-electron chi connectivity index (χ0n) is 32.5. The molecular weight excluding hydrogens is 734 g/mol. The van der Waals surface area contributed by atoms with E-state index in [1.807, 2.05) is 20.0 Å². The Balaban J connectivity index is 1.58. The van der Waals surface area contributed by atoms with Gasteiger partial charge in [0, 0.05) is 52.1 Å². The van der Waals surface area contributed by atoms with Gasteiger partial charge in [0.2, 0.25) is 23.6 Å². The van der Waals surface area contributed by atoms with E-state index in [0.29, 0.717) is 24.5 Å². The van der Waals surface area contributed by atoms with Crippen molar-refractivity contribution in [1.29, 1.82) is 0 Å². The number of hydrogen-bond donors (Lipinski definition) is 7. The third-order valence-electron chi connectivity index (χ3n) is 10.4. The van der Waals surface area contributed by atoms with Gasteiger partial charge in [0.05, 0.1) is 25.2 Å². The summed E-state index contributed by atoms with van der Waals surface area (Å²) in [5.41, 5.74) is 11.2. The van der Waals surface area contributed by atoms with Crippen LogP contribution < -0.4 is 36.9 Å². The van der Waals surface area contributed by atoms with Gasteiger partial charge in [0.25, 0.3) is 0 Å².